The van der Waals surface area contributed by atoms with Gasteiger partial charge in [-0.25, -0.2) is 9.78 Å². The van der Waals surface area contributed by atoms with Crippen LogP contribution < -0.4 is 5.32 Å². The van der Waals surface area contributed by atoms with Crippen molar-refractivity contribution in [2.45, 2.75) is 0 Å². The lowest BCUT2D eigenvalue weighted by molar-refractivity contribution is -0.385. The van der Waals surface area contributed by atoms with Gasteiger partial charge >= 0.3 is 6.09 Å². The molecule has 1 N–H and O–H groups in total. The number of nitrogens with zero attached hydrogens (tertiary/aromatic N) is 5. The van der Waals surface area contributed by atoms with E-state index < -0.39 is 28.3 Å². The molecule has 1 heterocycles. The second-order valence-corrected chi connectivity index (χ2v) is 3.99. The van der Waals surface area contributed by atoms with Gasteiger partial charge in [0.15, 0.2) is 0 Å². The van der Waals surface area contributed by atoms with Crippen LogP contribution in [0.1, 0.15) is 10.4 Å². The number of nitro groups is 1. The Kier molecular flexibility index (Phi) is 4.72. The summed E-state index contributed by atoms with van der Waals surface area (Å²) < 4.78 is 0.933. The first-order valence-electron chi connectivity index (χ1n) is 6.14. The van der Waals surface area contributed by atoms with Crippen LogP contribution in [-0.2, 0) is 4.84 Å². The Morgan fingerprint density at radius 3 is 2.74 bits per heavy atom. The number of amides is 1. The smallest absolute Gasteiger partial charge is 0.323 e. The molecule has 118 valence electrons. The molecular formula is C12H10N6O5. The van der Waals surface area contributed by atoms with Crippen LogP contribution in [0, 0.1) is 10.1 Å². The zero-order valence-electron chi connectivity index (χ0n) is 11.7. The zero-order chi connectivity index (χ0) is 16.8. The van der Waals surface area contributed by atoms with Crippen LogP contribution in [0.3, 0.4) is 0 Å². The average molecular weight is 318 g/mol. The Labute approximate surface area is 128 Å². The van der Waals surface area contributed by atoms with Gasteiger partial charge in [0.05, 0.1) is 4.92 Å². The summed E-state index contributed by atoms with van der Waals surface area (Å²) in [5.74, 6) is -1.31. The molecule has 0 aliphatic rings. The van der Waals surface area contributed by atoms with Crippen molar-refractivity contribution in [3.05, 3.63) is 52.6 Å². The number of Topliss-reactive ketones (excluding diaryl/α,β-unsaturated/α-hetero) is 1. The molecule has 1 aromatic carbocycles. The number of ketones is 1. The number of benzene rings is 1. The van der Waals surface area contributed by atoms with Crippen molar-refractivity contribution in [1.82, 2.24) is 20.1 Å². The van der Waals surface area contributed by atoms with Gasteiger partial charge in [-0.05, 0) is 11.2 Å². The number of hydrogen-bond donors (Lipinski definition) is 1. The zero-order valence-corrected chi connectivity index (χ0v) is 11.7. The quantitative estimate of drug-likeness (QED) is 0.217. The highest BCUT2D eigenvalue weighted by Gasteiger charge is 2.26. The molecule has 0 saturated carbocycles. The maximum atomic E-state index is 12.5. The molecule has 2 aromatic rings. The van der Waals surface area contributed by atoms with Gasteiger partial charge in [0.2, 0.25) is 11.6 Å². The summed E-state index contributed by atoms with van der Waals surface area (Å²) in [6, 6.07) is 5.31. The van der Waals surface area contributed by atoms with Crippen LogP contribution in [0.2, 0.25) is 0 Å². The predicted molar refractivity (Wildman–Crippen MR) is 75.8 cm³/mol. The lowest BCUT2D eigenvalue weighted by Gasteiger charge is -2.05. The topological polar surface area (TPSA) is 142 Å². The Hall–Kier alpha value is -3.63. The number of carbonyl (C=O) groups excluding carboxylic acids is 2. The van der Waals surface area contributed by atoms with Gasteiger partial charge < -0.3 is 5.32 Å². The van der Waals surface area contributed by atoms with E-state index in [1.165, 1.54) is 31.3 Å². The second kappa shape index (κ2) is 6.89. The SMILES string of the molecule is CNC(=O)ON=C(C(=O)c1ccccc1[N+](=O)[O-])n1cncn1. The molecule has 1 aromatic heterocycles. The van der Waals surface area contributed by atoms with E-state index in [4.69, 9.17) is 0 Å². The van der Waals surface area contributed by atoms with Gasteiger partial charge in [0, 0.05) is 13.1 Å². The number of rotatable bonds is 4. The van der Waals surface area contributed by atoms with Gasteiger partial charge in [-0.2, -0.15) is 9.78 Å². The van der Waals surface area contributed by atoms with E-state index in [1.54, 1.807) is 0 Å². The number of aromatic nitrogens is 3. The molecule has 0 fully saturated rings. The van der Waals surface area contributed by atoms with Crippen LogP contribution in [-0.4, -0.2) is 44.4 Å². The molecule has 0 atom stereocenters. The maximum Gasteiger partial charge on any atom is 0.433 e. The molecule has 1 amide bonds. The van der Waals surface area contributed by atoms with Gasteiger partial charge in [0.1, 0.15) is 18.2 Å². The Morgan fingerprint density at radius 2 is 2.13 bits per heavy atom. The minimum Gasteiger partial charge on any atom is -0.323 e. The standard InChI is InChI=1S/C12H10N6O5/c1-13-12(20)23-16-11(17-7-14-6-15-17)10(19)8-4-2-3-5-9(8)18(21)22/h2-7H,1H3,(H,13,20). The summed E-state index contributed by atoms with van der Waals surface area (Å²) in [5, 5.41) is 20.3. The first kappa shape index (κ1) is 15.8. The van der Waals surface area contributed by atoms with E-state index in [9.17, 15) is 19.7 Å². The summed E-state index contributed by atoms with van der Waals surface area (Å²) in [7, 11) is 1.30. The van der Waals surface area contributed by atoms with E-state index in [-0.39, 0.29) is 5.56 Å². The summed E-state index contributed by atoms with van der Waals surface area (Å²) >= 11 is 0. The first-order chi connectivity index (χ1) is 11.0. The highest BCUT2D eigenvalue weighted by atomic mass is 16.7. The highest BCUT2D eigenvalue weighted by Crippen LogP contribution is 2.19. The largest absolute Gasteiger partial charge is 0.433 e. The van der Waals surface area contributed by atoms with Crippen LogP contribution in [0.4, 0.5) is 10.5 Å². The fourth-order valence-corrected chi connectivity index (χ4v) is 1.58. The number of carbonyl (C=O) groups is 2. The van der Waals surface area contributed by atoms with E-state index in [0.717, 1.165) is 17.3 Å². The van der Waals surface area contributed by atoms with Crippen molar-refractivity contribution < 1.29 is 19.3 Å². The molecule has 23 heavy (non-hydrogen) atoms. The Bertz CT molecular complexity index is 770. The normalized spacial score (nSPS) is 10.9. The lowest BCUT2D eigenvalue weighted by atomic mass is 10.1. The van der Waals surface area contributed by atoms with Crippen molar-refractivity contribution in [1.29, 1.82) is 0 Å². The molecule has 11 heteroatoms. The van der Waals surface area contributed by atoms with E-state index in [0.29, 0.717) is 0 Å². The van der Waals surface area contributed by atoms with Gasteiger partial charge in [-0.3, -0.25) is 19.7 Å². The van der Waals surface area contributed by atoms with E-state index in [1.807, 2.05) is 0 Å². The number of para-hydroxylation sites is 1. The van der Waals surface area contributed by atoms with Crippen molar-refractivity contribution in [3.63, 3.8) is 0 Å². The molecule has 0 spiro atoms. The van der Waals surface area contributed by atoms with Crippen molar-refractivity contribution in [2.24, 2.45) is 5.16 Å². The number of nitrogens with one attached hydrogen (secondary N) is 1. The van der Waals surface area contributed by atoms with Crippen LogP contribution in [0.15, 0.2) is 42.1 Å². The molecule has 0 unspecified atom stereocenters. The van der Waals surface area contributed by atoms with Crippen LogP contribution in [0.25, 0.3) is 0 Å². The summed E-state index contributed by atoms with van der Waals surface area (Å²) in [6.07, 6.45) is 1.35. The van der Waals surface area contributed by atoms with E-state index >= 15 is 0 Å². The molecule has 0 aliphatic carbocycles. The molecule has 0 saturated heterocycles. The van der Waals surface area contributed by atoms with Crippen LogP contribution >= 0.6 is 0 Å². The van der Waals surface area contributed by atoms with Crippen molar-refractivity contribution >= 4 is 23.4 Å². The Balaban J connectivity index is 2.46. The summed E-state index contributed by atoms with van der Waals surface area (Å²) in [4.78, 5) is 42.1. The number of oxime groups is 1. The predicted octanol–water partition coefficient (Wildman–Crippen LogP) is 0.587. The molecule has 0 bridgehead atoms. The molecule has 0 aliphatic heterocycles. The fraction of sp³-hybridized carbons (Fsp3) is 0.0833. The highest BCUT2D eigenvalue weighted by molar-refractivity contribution is 6.46. The average Bonchev–Trinajstić information content (AvgIpc) is 3.08. The number of nitro benzene ring substituents is 1. The minimum absolute atomic E-state index is 0.229. The Morgan fingerprint density at radius 1 is 1.39 bits per heavy atom. The molecule has 2 rings (SSSR count). The van der Waals surface area contributed by atoms with Crippen LogP contribution in [0.5, 0.6) is 0 Å². The van der Waals surface area contributed by atoms with Crippen molar-refractivity contribution in [2.75, 3.05) is 7.05 Å². The molecular weight excluding hydrogens is 308 g/mol. The number of hydrogen-bond acceptors (Lipinski definition) is 8. The molecule has 0 radical (unpaired) electrons. The summed E-state index contributed by atoms with van der Waals surface area (Å²) in [5.41, 5.74) is -0.641. The summed E-state index contributed by atoms with van der Waals surface area (Å²) in [6.45, 7) is 0. The first-order valence-corrected chi connectivity index (χ1v) is 6.14. The third kappa shape index (κ3) is 3.53. The lowest BCUT2D eigenvalue weighted by Crippen LogP contribution is -2.26. The third-order valence-electron chi connectivity index (χ3n) is 2.60. The monoisotopic (exact) mass is 318 g/mol. The van der Waals surface area contributed by atoms with Gasteiger partial charge in [0.25, 0.3) is 5.69 Å². The van der Waals surface area contributed by atoms with E-state index in [2.05, 4.69) is 25.4 Å². The second-order valence-electron chi connectivity index (χ2n) is 3.99. The fourth-order valence-electron chi connectivity index (χ4n) is 1.58. The third-order valence-corrected chi connectivity index (χ3v) is 2.60. The van der Waals surface area contributed by atoms with Crippen molar-refractivity contribution in [3.8, 4) is 0 Å². The van der Waals surface area contributed by atoms with Gasteiger partial charge in [-0.15, -0.1) is 0 Å². The maximum absolute atomic E-state index is 12.5. The minimum atomic E-state index is -0.919. The van der Waals surface area contributed by atoms with Gasteiger partial charge in [-0.1, -0.05) is 12.1 Å². The molecule has 11 nitrogen and oxygen atoms in total.